The molecule has 3 aromatic rings. The molecule has 1 heterocycles. The van der Waals surface area contributed by atoms with Gasteiger partial charge in [-0.1, -0.05) is 23.7 Å². The summed E-state index contributed by atoms with van der Waals surface area (Å²) in [6.45, 7) is 0.612. The van der Waals surface area contributed by atoms with Crippen LogP contribution in [-0.2, 0) is 11.3 Å². The van der Waals surface area contributed by atoms with Crippen LogP contribution in [0.1, 0.15) is 15.9 Å². The van der Waals surface area contributed by atoms with Gasteiger partial charge < -0.3 is 24.6 Å². The number of carbonyl (C=O) groups is 1. The van der Waals surface area contributed by atoms with Crippen molar-refractivity contribution in [3.8, 4) is 22.6 Å². The summed E-state index contributed by atoms with van der Waals surface area (Å²) in [5, 5.41) is 12.3. The zero-order chi connectivity index (χ0) is 24.7. The maximum absolute atomic E-state index is 12.4. The number of aromatic nitrogens is 2. The van der Waals surface area contributed by atoms with Crippen molar-refractivity contribution in [3.63, 3.8) is 0 Å². The minimum absolute atomic E-state index is 0.0386. The normalized spacial score (nSPS) is 11.2. The number of hydrogen-bond donors (Lipinski definition) is 2. The number of hydrogen-bond acceptors (Lipinski definition) is 7. The Kier molecular flexibility index (Phi) is 8.13. The highest BCUT2D eigenvalue weighted by Crippen LogP contribution is 2.34. The zero-order valence-corrected chi connectivity index (χ0v) is 18.5. The van der Waals surface area contributed by atoms with Gasteiger partial charge in [0.1, 0.15) is 18.1 Å². The molecule has 0 bridgehead atoms. The summed E-state index contributed by atoms with van der Waals surface area (Å²) in [5.41, 5.74) is 1.35. The predicted octanol–water partition coefficient (Wildman–Crippen LogP) is 5.03. The van der Waals surface area contributed by atoms with Gasteiger partial charge in [-0.2, -0.15) is 0 Å². The Morgan fingerprint density at radius 3 is 2.50 bits per heavy atom. The minimum atomic E-state index is -4.78. The first-order chi connectivity index (χ1) is 16.2. The molecule has 0 fully saturated rings. The molecule has 2 aromatic carbocycles. The fourth-order valence-electron chi connectivity index (χ4n) is 2.86. The van der Waals surface area contributed by atoms with Crippen LogP contribution in [0.4, 0.5) is 19.1 Å². The van der Waals surface area contributed by atoms with E-state index < -0.39 is 12.3 Å². The molecule has 0 radical (unpaired) electrons. The van der Waals surface area contributed by atoms with Crippen molar-refractivity contribution in [2.24, 2.45) is 0 Å². The van der Waals surface area contributed by atoms with Crippen LogP contribution >= 0.6 is 11.6 Å². The summed E-state index contributed by atoms with van der Waals surface area (Å²) >= 11 is 6.15. The number of benzene rings is 2. The average Bonchev–Trinajstić information content (AvgIpc) is 2.78. The molecule has 3 rings (SSSR count). The molecule has 0 saturated heterocycles. The first kappa shape index (κ1) is 25.1. The third-order valence-electron chi connectivity index (χ3n) is 4.38. The van der Waals surface area contributed by atoms with E-state index in [4.69, 9.17) is 21.1 Å². The second-order valence-corrected chi connectivity index (χ2v) is 7.20. The molecule has 0 aliphatic heterocycles. The number of rotatable bonds is 10. The third kappa shape index (κ3) is 6.96. The number of ether oxygens (including phenoxy) is 3. The lowest BCUT2D eigenvalue weighted by Gasteiger charge is -2.13. The Morgan fingerprint density at radius 2 is 1.85 bits per heavy atom. The number of aromatic carboxylic acids is 1. The van der Waals surface area contributed by atoms with Gasteiger partial charge in [0, 0.05) is 31.6 Å². The van der Waals surface area contributed by atoms with E-state index in [9.17, 15) is 23.1 Å². The molecule has 0 unspecified atom stereocenters. The van der Waals surface area contributed by atoms with Crippen molar-refractivity contribution in [2.75, 3.05) is 25.6 Å². The van der Waals surface area contributed by atoms with Gasteiger partial charge in [0.05, 0.1) is 17.2 Å². The SMILES string of the molecule is COCCOc1cc(-c2cnc(NCc3cccc(OC(F)(F)F)c3)nc2)cc(C(=O)O)c1Cl. The largest absolute Gasteiger partial charge is 0.573 e. The van der Waals surface area contributed by atoms with Crippen LogP contribution in [-0.4, -0.2) is 47.7 Å². The first-order valence-corrected chi connectivity index (χ1v) is 10.1. The van der Waals surface area contributed by atoms with Crippen LogP contribution in [0.15, 0.2) is 48.8 Å². The number of nitrogens with one attached hydrogen (secondary N) is 1. The van der Waals surface area contributed by atoms with Crippen LogP contribution in [0.3, 0.4) is 0 Å². The topological polar surface area (TPSA) is 103 Å². The quantitative estimate of drug-likeness (QED) is 0.376. The summed E-state index contributed by atoms with van der Waals surface area (Å²) in [6, 6.07) is 8.47. The van der Waals surface area contributed by atoms with Gasteiger partial charge in [-0.25, -0.2) is 14.8 Å². The number of alkyl halides is 3. The highest BCUT2D eigenvalue weighted by molar-refractivity contribution is 6.35. The van der Waals surface area contributed by atoms with E-state index >= 15 is 0 Å². The molecular weight excluding hydrogens is 479 g/mol. The fraction of sp³-hybridized carbons (Fsp3) is 0.227. The number of anilines is 1. The molecule has 0 aliphatic rings. The molecule has 8 nitrogen and oxygen atoms in total. The van der Waals surface area contributed by atoms with E-state index in [1.165, 1.54) is 43.8 Å². The molecule has 180 valence electrons. The minimum Gasteiger partial charge on any atom is -0.490 e. The molecule has 2 N–H and O–H groups in total. The Bertz CT molecular complexity index is 1140. The van der Waals surface area contributed by atoms with E-state index in [2.05, 4.69) is 20.0 Å². The van der Waals surface area contributed by atoms with Gasteiger partial charge in [-0.05, 0) is 35.4 Å². The number of carboxylic acid groups (broad SMARTS) is 1. The van der Waals surface area contributed by atoms with E-state index in [0.717, 1.165) is 0 Å². The zero-order valence-electron chi connectivity index (χ0n) is 17.7. The summed E-state index contributed by atoms with van der Waals surface area (Å²) in [7, 11) is 1.50. The maximum Gasteiger partial charge on any atom is 0.573 e. The Morgan fingerprint density at radius 1 is 1.12 bits per heavy atom. The van der Waals surface area contributed by atoms with Gasteiger partial charge in [-0.3, -0.25) is 0 Å². The van der Waals surface area contributed by atoms with Crippen molar-refractivity contribution >= 4 is 23.5 Å². The van der Waals surface area contributed by atoms with Crippen molar-refractivity contribution < 1.29 is 37.3 Å². The molecule has 1 aromatic heterocycles. The molecule has 0 amide bonds. The fourth-order valence-corrected chi connectivity index (χ4v) is 3.11. The highest BCUT2D eigenvalue weighted by atomic mass is 35.5. The Labute approximate surface area is 197 Å². The summed E-state index contributed by atoms with van der Waals surface area (Å²) < 4.78 is 51.5. The number of methoxy groups -OCH3 is 1. The van der Waals surface area contributed by atoms with Gasteiger partial charge in [0.25, 0.3) is 0 Å². The highest BCUT2D eigenvalue weighted by Gasteiger charge is 2.31. The maximum atomic E-state index is 12.4. The second-order valence-electron chi connectivity index (χ2n) is 6.83. The molecule has 34 heavy (non-hydrogen) atoms. The number of nitrogens with zero attached hydrogens (tertiary/aromatic N) is 2. The van der Waals surface area contributed by atoms with Crippen LogP contribution in [0, 0.1) is 0 Å². The molecular formula is C22H19ClF3N3O5. The monoisotopic (exact) mass is 497 g/mol. The molecule has 0 saturated carbocycles. The van der Waals surface area contributed by atoms with E-state index in [0.29, 0.717) is 16.7 Å². The molecule has 0 spiro atoms. The van der Waals surface area contributed by atoms with E-state index in [1.807, 2.05) is 0 Å². The summed E-state index contributed by atoms with van der Waals surface area (Å²) in [6.07, 6.45) is -1.85. The number of halogens is 4. The second kappa shape index (κ2) is 11.0. The first-order valence-electron chi connectivity index (χ1n) is 9.76. The lowest BCUT2D eigenvalue weighted by atomic mass is 10.0. The van der Waals surface area contributed by atoms with E-state index in [1.54, 1.807) is 12.1 Å². The van der Waals surface area contributed by atoms with Crippen molar-refractivity contribution in [2.45, 2.75) is 12.9 Å². The average molecular weight is 498 g/mol. The van der Waals surface area contributed by atoms with Crippen LogP contribution < -0.4 is 14.8 Å². The summed E-state index contributed by atoms with van der Waals surface area (Å²) in [4.78, 5) is 19.9. The molecule has 12 heteroatoms. The molecule has 0 atom stereocenters. The van der Waals surface area contributed by atoms with Gasteiger partial charge in [0.15, 0.2) is 0 Å². The van der Waals surface area contributed by atoms with Gasteiger partial charge >= 0.3 is 12.3 Å². The van der Waals surface area contributed by atoms with Crippen LogP contribution in [0.25, 0.3) is 11.1 Å². The Balaban J connectivity index is 1.74. The van der Waals surface area contributed by atoms with Gasteiger partial charge in [-0.15, -0.1) is 13.2 Å². The molecule has 0 aliphatic carbocycles. The van der Waals surface area contributed by atoms with Crippen molar-refractivity contribution in [1.29, 1.82) is 0 Å². The summed E-state index contributed by atoms with van der Waals surface area (Å²) in [5.74, 6) is -1.16. The third-order valence-corrected chi connectivity index (χ3v) is 4.77. The predicted molar refractivity (Wildman–Crippen MR) is 117 cm³/mol. The van der Waals surface area contributed by atoms with Crippen LogP contribution in [0.5, 0.6) is 11.5 Å². The number of carboxylic acids is 1. The lowest BCUT2D eigenvalue weighted by molar-refractivity contribution is -0.274. The lowest BCUT2D eigenvalue weighted by Crippen LogP contribution is -2.17. The van der Waals surface area contributed by atoms with Crippen molar-refractivity contribution in [1.82, 2.24) is 9.97 Å². The van der Waals surface area contributed by atoms with Crippen molar-refractivity contribution in [3.05, 3.63) is 64.9 Å². The Hall–Kier alpha value is -3.57. The smallest absolute Gasteiger partial charge is 0.490 e. The van der Waals surface area contributed by atoms with Gasteiger partial charge in [0.2, 0.25) is 5.95 Å². The standard InChI is InChI=1S/C22H19ClF3N3O5/c1-32-5-6-33-18-9-14(8-17(19(18)23)20(30)31)15-11-28-21(29-12-15)27-10-13-3-2-4-16(7-13)34-22(24,25)26/h2-4,7-9,11-12H,5-6,10H2,1H3,(H,30,31)(H,27,28,29). The van der Waals surface area contributed by atoms with Crippen LogP contribution in [0.2, 0.25) is 5.02 Å². The van der Waals surface area contributed by atoms with E-state index in [-0.39, 0.29) is 47.8 Å².